The molecule has 0 unspecified atom stereocenters. The Balaban J connectivity index is 2.32. The van der Waals surface area contributed by atoms with Crippen molar-refractivity contribution < 1.29 is 18.5 Å². The number of aryl methyl sites for hydroxylation is 1. The summed E-state index contributed by atoms with van der Waals surface area (Å²) >= 11 is 0. The van der Waals surface area contributed by atoms with Crippen molar-refractivity contribution in [3.05, 3.63) is 23.8 Å². The number of rotatable bonds is 3. The van der Waals surface area contributed by atoms with Crippen LogP contribution in [0.15, 0.2) is 23.1 Å². The van der Waals surface area contributed by atoms with Gasteiger partial charge in [0.2, 0.25) is 10.0 Å². The number of likely N-dealkylation sites (N-methyl/N-ethyl adjacent to an activating group) is 1. The third-order valence-electron chi connectivity index (χ3n) is 3.63. The summed E-state index contributed by atoms with van der Waals surface area (Å²) in [6.07, 6.45) is 0. The standard InChI is InChI=1S/C12H19BN2O4S/c1-10-3-4-11(9-12(10)13(16)17)20(18,19)15-7-5-14(2)6-8-15/h3-4,9,16-17H,5-8H2,1-2H3. The van der Waals surface area contributed by atoms with Gasteiger partial charge in [-0.3, -0.25) is 0 Å². The summed E-state index contributed by atoms with van der Waals surface area (Å²) in [6.45, 7) is 4.00. The molecule has 2 rings (SSSR count). The molecule has 0 aromatic heterocycles. The highest BCUT2D eigenvalue weighted by Gasteiger charge is 2.28. The van der Waals surface area contributed by atoms with Gasteiger partial charge in [-0.15, -0.1) is 0 Å². The molecule has 8 heteroatoms. The Kier molecular flexibility index (Phi) is 4.50. The molecular formula is C12H19BN2O4S. The van der Waals surface area contributed by atoms with E-state index < -0.39 is 17.1 Å². The fourth-order valence-corrected chi connectivity index (χ4v) is 3.69. The number of benzene rings is 1. The van der Waals surface area contributed by atoms with E-state index in [0.717, 1.165) is 0 Å². The van der Waals surface area contributed by atoms with Crippen LogP contribution in [0.2, 0.25) is 0 Å². The molecule has 20 heavy (non-hydrogen) atoms. The summed E-state index contributed by atoms with van der Waals surface area (Å²) in [4.78, 5) is 2.18. The Morgan fingerprint density at radius 2 is 1.75 bits per heavy atom. The highest BCUT2D eigenvalue weighted by Crippen LogP contribution is 2.17. The molecule has 1 heterocycles. The highest BCUT2D eigenvalue weighted by atomic mass is 32.2. The first-order chi connectivity index (χ1) is 9.32. The molecule has 1 saturated heterocycles. The van der Waals surface area contributed by atoms with Crippen LogP contribution in [-0.4, -0.2) is 68.0 Å². The third-order valence-corrected chi connectivity index (χ3v) is 5.52. The van der Waals surface area contributed by atoms with E-state index >= 15 is 0 Å². The van der Waals surface area contributed by atoms with Crippen molar-refractivity contribution in [2.75, 3.05) is 33.2 Å². The van der Waals surface area contributed by atoms with Crippen LogP contribution in [0.3, 0.4) is 0 Å². The van der Waals surface area contributed by atoms with Gasteiger partial charge in [0.1, 0.15) is 0 Å². The maximum absolute atomic E-state index is 12.5. The lowest BCUT2D eigenvalue weighted by molar-refractivity contribution is 0.222. The molecule has 1 aromatic rings. The summed E-state index contributed by atoms with van der Waals surface area (Å²) < 4.78 is 26.5. The predicted molar refractivity (Wildman–Crippen MR) is 77.3 cm³/mol. The average molecular weight is 298 g/mol. The molecule has 0 amide bonds. The van der Waals surface area contributed by atoms with E-state index in [1.165, 1.54) is 16.4 Å². The van der Waals surface area contributed by atoms with E-state index in [1.807, 2.05) is 7.05 Å². The zero-order valence-corrected chi connectivity index (χ0v) is 12.5. The van der Waals surface area contributed by atoms with Crippen molar-refractivity contribution in [3.63, 3.8) is 0 Å². The molecule has 110 valence electrons. The van der Waals surface area contributed by atoms with Crippen molar-refractivity contribution in [3.8, 4) is 0 Å². The average Bonchev–Trinajstić information content (AvgIpc) is 2.39. The van der Waals surface area contributed by atoms with Gasteiger partial charge in [0.15, 0.2) is 0 Å². The van der Waals surface area contributed by atoms with Crippen LogP contribution in [0.4, 0.5) is 0 Å². The Hall–Kier alpha value is -0.925. The van der Waals surface area contributed by atoms with Crippen LogP contribution < -0.4 is 5.46 Å². The molecule has 0 aliphatic carbocycles. The Morgan fingerprint density at radius 3 is 2.30 bits per heavy atom. The minimum absolute atomic E-state index is 0.107. The SMILES string of the molecule is Cc1ccc(S(=O)(=O)N2CCN(C)CC2)cc1B(O)O. The molecule has 1 aliphatic heterocycles. The van der Waals surface area contributed by atoms with Crippen molar-refractivity contribution >= 4 is 22.6 Å². The smallest absolute Gasteiger partial charge is 0.423 e. The molecule has 6 nitrogen and oxygen atoms in total. The van der Waals surface area contributed by atoms with Crippen molar-refractivity contribution in [1.82, 2.24) is 9.21 Å². The van der Waals surface area contributed by atoms with Crippen LogP contribution >= 0.6 is 0 Å². The van der Waals surface area contributed by atoms with Gasteiger partial charge in [0, 0.05) is 26.2 Å². The fourth-order valence-electron chi connectivity index (χ4n) is 2.23. The molecule has 1 fully saturated rings. The summed E-state index contributed by atoms with van der Waals surface area (Å²) in [7, 11) is -3.29. The molecule has 0 saturated carbocycles. The molecule has 1 aromatic carbocycles. The second-order valence-electron chi connectivity index (χ2n) is 5.10. The lowest BCUT2D eigenvalue weighted by Gasteiger charge is -2.31. The summed E-state index contributed by atoms with van der Waals surface area (Å²) in [6, 6.07) is 4.44. The van der Waals surface area contributed by atoms with Crippen LogP contribution in [0, 0.1) is 6.92 Å². The van der Waals surface area contributed by atoms with Crippen molar-refractivity contribution in [1.29, 1.82) is 0 Å². The number of hydrogen-bond donors (Lipinski definition) is 2. The minimum Gasteiger partial charge on any atom is -0.423 e. The van der Waals surface area contributed by atoms with Gasteiger partial charge in [0.05, 0.1) is 4.90 Å². The molecule has 0 atom stereocenters. The first-order valence-corrected chi connectivity index (χ1v) is 7.92. The number of nitrogens with zero attached hydrogens (tertiary/aromatic N) is 2. The Bertz CT molecular complexity index is 583. The van der Waals surface area contributed by atoms with Crippen molar-refractivity contribution in [2.45, 2.75) is 11.8 Å². The first kappa shape index (κ1) is 15.5. The second-order valence-corrected chi connectivity index (χ2v) is 7.04. The monoisotopic (exact) mass is 298 g/mol. The Morgan fingerprint density at radius 1 is 1.15 bits per heavy atom. The van der Waals surface area contributed by atoms with Gasteiger partial charge >= 0.3 is 7.12 Å². The van der Waals surface area contributed by atoms with Gasteiger partial charge in [-0.25, -0.2) is 8.42 Å². The van der Waals surface area contributed by atoms with Gasteiger partial charge in [-0.2, -0.15) is 4.31 Å². The van der Waals surface area contributed by atoms with E-state index in [9.17, 15) is 18.5 Å². The van der Waals surface area contributed by atoms with Crippen LogP contribution in [0.1, 0.15) is 5.56 Å². The zero-order valence-electron chi connectivity index (χ0n) is 11.7. The van der Waals surface area contributed by atoms with Gasteiger partial charge < -0.3 is 14.9 Å². The maximum Gasteiger partial charge on any atom is 0.488 e. The quantitative estimate of drug-likeness (QED) is 0.672. The van der Waals surface area contributed by atoms with E-state index in [0.29, 0.717) is 31.7 Å². The first-order valence-electron chi connectivity index (χ1n) is 6.48. The van der Waals surface area contributed by atoms with Crippen LogP contribution in [0.25, 0.3) is 0 Å². The number of sulfonamides is 1. The summed E-state index contributed by atoms with van der Waals surface area (Å²) in [5, 5.41) is 18.6. The highest BCUT2D eigenvalue weighted by molar-refractivity contribution is 7.89. The normalized spacial score (nSPS) is 18.2. The summed E-state index contributed by atoms with van der Waals surface area (Å²) in [5.41, 5.74) is 0.873. The topological polar surface area (TPSA) is 81.1 Å². The molecule has 1 aliphatic rings. The van der Waals surface area contributed by atoms with E-state index in [-0.39, 0.29) is 10.4 Å². The van der Waals surface area contributed by atoms with E-state index in [4.69, 9.17) is 0 Å². The second kappa shape index (κ2) is 5.83. The predicted octanol–water partition coefficient (Wildman–Crippen LogP) is -1.39. The molecule has 0 bridgehead atoms. The largest absolute Gasteiger partial charge is 0.488 e. The minimum atomic E-state index is -3.57. The van der Waals surface area contributed by atoms with Gasteiger partial charge in [-0.1, -0.05) is 11.6 Å². The fraction of sp³-hybridized carbons (Fsp3) is 0.500. The lowest BCUT2D eigenvalue weighted by Crippen LogP contribution is -2.47. The molecule has 0 spiro atoms. The molecule has 2 N–H and O–H groups in total. The lowest BCUT2D eigenvalue weighted by atomic mass is 9.77. The van der Waals surface area contributed by atoms with Gasteiger partial charge in [-0.05, 0) is 31.6 Å². The van der Waals surface area contributed by atoms with Crippen LogP contribution in [0.5, 0.6) is 0 Å². The number of hydrogen-bond acceptors (Lipinski definition) is 5. The van der Waals surface area contributed by atoms with Crippen LogP contribution in [-0.2, 0) is 10.0 Å². The van der Waals surface area contributed by atoms with Gasteiger partial charge in [0.25, 0.3) is 0 Å². The van der Waals surface area contributed by atoms with E-state index in [2.05, 4.69) is 4.90 Å². The maximum atomic E-state index is 12.5. The van der Waals surface area contributed by atoms with Crippen molar-refractivity contribution in [2.24, 2.45) is 0 Å². The third kappa shape index (κ3) is 3.04. The molecule has 0 radical (unpaired) electrons. The summed E-state index contributed by atoms with van der Waals surface area (Å²) in [5.74, 6) is 0. The Labute approximate surface area is 119 Å². The zero-order chi connectivity index (χ0) is 14.9. The number of piperazine rings is 1. The molecular weight excluding hydrogens is 279 g/mol. The van der Waals surface area contributed by atoms with E-state index in [1.54, 1.807) is 13.0 Å².